The third-order valence-corrected chi connectivity index (χ3v) is 6.45. The molecule has 2 N–H and O–H groups in total. The van der Waals surface area contributed by atoms with Gasteiger partial charge >= 0.3 is 0 Å². The second kappa shape index (κ2) is 9.60. The van der Waals surface area contributed by atoms with Gasteiger partial charge in [-0.05, 0) is 56.9 Å². The molecule has 1 saturated heterocycles. The van der Waals surface area contributed by atoms with Crippen molar-refractivity contribution in [3.8, 4) is 17.1 Å². The van der Waals surface area contributed by atoms with Gasteiger partial charge in [-0.3, -0.25) is 9.48 Å². The smallest absolute Gasteiger partial charge is 0.253 e. The first-order valence-corrected chi connectivity index (χ1v) is 11.5. The first-order chi connectivity index (χ1) is 16.2. The second-order valence-electron chi connectivity index (χ2n) is 9.03. The van der Waals surface area contributed by atoms with Gasteiger partial charge in [0.05, 0.1) is 29.6 Å². The molecule has 180 valence electrons. The molecule has 1 aliphatic rings. The van der Waals surface area contributed by atoms with Gasteiger partial charge < -0.3 is 20.1 Å². The maximum absolute atomic E-state index is 13.1. The standard InChI is InChI=1S/C24H29ClN6O3/c1-24(2,33)16-7-11-31(12-8-16)22(32)15-5-6-18(20(13-15)34-4)27-23-26-14-17(25)21(28-23)19-9-10-30(3)29-19/h5-6,9-10,13-14,16,33H,7-8,11-12H2,1-4H3,(H,26,27,28). The molecule has 3 heterocycles. The number of methoxy groups -OCH3 is 1. The Morgan fingerprint density at radius 3 is 2.62 bits per heavy atom. The molecule has 0 saturated carbocycles. The first-order valence-electron chi connectivity index (χ1n) is 11.1. The summed E-state index contributed by atoms with van der Waals surface area (Å²) in [5.41, 5.74) is 1.58. The third kappa shape index (κ3) is 5.15. The predicted octanol–water partition coefficient (Wildman–Crippen LogP) is 3.91. The molecule has 0 unspecified atom stereocenters. The van der Waals surface area contributed by atoms with Crippen LogP contribution in [0.25, 0.3) is 11.4 Å². The van der Waals surface area contributed by atoms with Crippen LogP contribution in [0.3, 0.4) is 0 Å². The zero-order chi connectivity index (χ0) is 24.5. The van der Waals surface area contributed by atoms with Crippen LogP contribution in [0.15, 0.2) is 36.7 Å². The number of nitrogens with one attached hydrogen (secondary N) is 1. The van der Waals surface area contributed by atoms with Crippen molar-refractivity contribution in [2.45, 2.75) is 32.3 Å². The van der Waals surface area contributed by atoms with E-state index >= 15 is 0 Å². The number of halogens is 1. The molecule has 4 rings (SSSR count). The zero-order valence-electron chi connectivity index (χ0n) is 19.7. The van der Waals surface area contributed by atoms with E-state index in [2.05, 4.69) is 20.4 Å². The monoisotopic (exact) mass is 484 g/mol. The number of ether oxygens (including phenoxy) is 1. The normalized spacial score (nSPS) is 14.8. The Morgan fingerprint density at radius 2 is 2.00 bits per heavy atom. The Bertz CT molecular complexity index is 1180. The Hall–Kier alpha value is -3.17. The molecule has 34 heavy (non-hydrogen) atoms. The topological polar surface area (TPSA) is 105 Å². The van der Waals surface area contributed by atoms with E-state index in [4.69, 9.17) is 16.3 Å². The van der Waals surface area contributed by atoms with E-state index in [1.807, 2.05) is 38.1 Å². The first kappa shape index (κ1) is 24.0. The molecule has 10 heteroatoms. The van der Waals surface area contributed by atoms with Gasteiger partial charge in [0.1, 0.15) is 17.1 Å². The summed E-state index contributed by atoms with van der Waals surface area (Å²) in [7, 11) is 3.37. The van der Waals surface area contributed by atoms with Crippen LogP contribution >= 0.6 is 11.6 Å². The maximum atomic E-state index is 13.1. The number of amides is 1. The number of nitrogens with zero attached hydrogens (tertiary/aromatic N) is 5. The fourth-order valence-corrected chi connectivity index (χ4v) is 4.36. The molecule has 1 amide bonds. The van der Waals surface area contributed by atoms with E-state index in [1.54, 1.807) is 30.0 Å². The van der Waals surface area contributed by atoms with E-state index in [-0.39, 0.29) is 11.8 Å². The van der Waals surface area contributed by atoms with Gasteiger partial charge in [-0.2, -0.15) is 5.10 Å². The highest BCUT2D eigenvalue weighted by atomic mass is 35.5. The highest BCUT2D eigenvalue weighted by molar-refractivity contribution is 6.32. The summed E-state index contributed by atoms with van der Waals surface area (Å²) in [4.78, 5) is 23.7. The van der Waals surface area contributed by atoms with Crippen LogP contribution in [0, 0.1) is 5.92 Å². The number of benzene rings is 1. The molecule has 0 aliphatic carbocycles. The lowest BCUT2D eigenvalue weighted by Gasteiger charge is -2.37. The minimum Gasteiger partial charge on any atom is -0.495 e. The van der Waals surface area contributed by atoms with Crippen molar-refractivity contribution in [3.63, 3.8) is 0 Å². The molecule has 0 radical (unpaired) electrons. The Balaban J connectivity index is 1.50. The van der Waals surface area contributed by atoms with Gasteiger partial charge in [0.15, 0.2) is 0 Å². The van der Waals surface area contributed by atoms with Crippen LogP contribution < -0.4 is 10.1 Å². The molecule has 1 aromatic carbocycles. The number of aliphatic hydroxyl groups is 1. The van der Waals surface area contributed by atoms with E-state index in [1.165, 1.54) is 6.20 Å². The summed E-state index contributed by atoms with van der Waals surface area (Å²) in [6.07, 6.45) is 4.88. The largest absolute Gasteiger partial charge is 0.495 e. The van der Waals surface area contributed by atoms with Crippen molar-refractivity contribution in [3.05, 3.63) is 47.2 Å². The van der Waals surface area contributed by atoms with Gasteiger partial charge in [-0.15, -0.1) is 0 Å². The third-order valence-electron chi connectivity index (χ3n) is 6.18. The summed E-state index contributed by atoms with van der Waals surface area (Å²) in [6, 6.07) is 7.06. The number of piperidine rings is 1. The Morgan fingerprint density at radius 1 is 1.26 bits per heavy atom. The molecule has 0 atom stereocenters. The van der Waals surface area contributed by atoms with Gasteiger partial charge in [0, 0.05) is 31.9 Å². The lowest BCUT2D eigenvalue weighted by Crippen LogP contribution is -2.44. The minimum atomic E-state index is -0.730. The van der Waals surface area contributed by atoms with Crippen LogP contribution in [-0.4, -0.2) is 61.5 Å². The number of hydrogen-bond donors (Lipinski definition) is 2. The van der Waals surface area contributed by atoms with E-state index < -0.39 is 5.60 Å². The predicted molar refractivity (Wildman–Crippen MR) is 130 cm³/mol. The average Bonchev–Trinajstić information content (AvgIpc) is 3.25. The second-order valence-corrected chi connectivity index (χ2v) is 9.43. The maximum Gasteiger partial charge on any atom is 0.253 e. The van der Waals surface area contributed by atoms with Crippen molar-refractivity contribution < 1.29 is 14.6 Å². The molecule has 1 fully saturated rings. The summed E-state index contributed by atoms with van der Waals surface area (Å²) in [5.74, 6) is 0.957. The molecule has 0 spiro atoms. The highest BCUT2D eigenvalue weighted by Crippen LogP contribution is 2.32. The van der Waals surface area contributed by atoms with Crippen molar-refractivity contribution in [1.82, 2.24) is 24.6 Å². The zero-order valence-corrected chi connectivity index (χ0v) is 20.5. The Labute approximate surface area is 203 Å². The number of aromatic nitrogens is 4. The Kier molecular flexibility index (Phi) is 6.77. The molecule has 2 aromatic heterocycles. The van der Waals surface area contributed by atoms with Gasteiger partial charge in [0.25, 0.3) is 5.91 Å². The molecule has 0 bridgehead atoms. The van der Waals surface area contributed by atoms with E-state index in [0.29, 0.717) is 52.4 Å². The number of carbonyl (C=O) groups excluding carboxylic acids is 1. The minimum absolute atomic E-state index is 0.0563. The molecule has 1 aliphatic heterocycles. The van der Waals surface area contributed by atoms with E-state index in [9.17, 15) is 9.90 Å². The van der Waals surface area contributed by atoms with Gasteiger partial charge in [0.2, 0.25) is 5.95 Å². The molecular weight excluding hydrogens is 456 g/mol. The molecule has 9 nitrogen and oxygen atoms in total. The number of aryl methyl sites for hydroxylation is 1. The number of likely N-dealkylation sites (tertiary alicyclic amines) is 1. The van der Waals surface area contributed by atoms with Crippen molar-refractivity contribution in [2.24, 2.45) is 13.0 Å². The lowest BCUT2D eigenvalue weighted by atomic mass is 9.83. The quantitative estimate of drug-likeness (QED) is 0.546. The SMILES string of the molecule is COc1cc(C(=O)N2CCC(C(C)(C)O)CC2)ccc1Nc1ncc(Cl)c(-c2ccn(C)n2)n1. The average molecular weight is 485 g/mol. The lowest BCUT2D eigenvalue weighted by molar-refractivity contribution is -0.0108. The van der Waals surface area contributed by atoms with Crippen LogP contribution in [0.5, 0.6) is 5.75 Å². The fourth-order valence-electron chi connectivity index (χ4n) is 4.17. The highest BCUT2D eigenvalue weighted by Gasteiger charge is 2.32. The van der Waals surface area contributed by atoms with Crippen LogP contribution in [-0.2, 0) is 7.05 Å². The summed E-state index contributed by atoms with van der Waals surface area (Å²) in [5, 5.41) is 18.1. The van der Waals surface area contributed by atoms with Crippen molar-refractivity contribution in [2.75, 3.05) is 25.5 Å². The van der Waals surface area contributed by atoms with Gasteiger partial charge in [-0.25, -0.2) is 9.97 Å². The number of rotatable bonds is 6. The molecular formula is C24H29ClN6O3. The number of carbonyl (C=O) groups is 1. The van der Waals surface area contributed by atoms with Crippen LogP contribution in [0.1, 0.15) is 37.0 Å². The number of anilines is 2. The summed E-state index contributed by atoms with van der Waals surface area (Å²) >= 11 is 6.28. The van der Waals surface area contributed by atoms with Crippen LogP contribution in [0.2, 0.25) is 5.02 Å². The summed E-state index contributed by atoms with van der Waals surface area (Å²) in [6.45, 7) is 4.89. The fraction of sp³-hybridized carbons (Fsp3) is 0.417. The van der Waals surface area contributed by atoms with E-state index in [0.717, 1.165) is 12.8 Å². The summed E-state index contributed by atoms with van der Waals surface area (Å²) < 4.78 is 7.21. The van der Waals surface area contributed by atoms with Crippen LogP contribution in [0.4, 0.5) is 11.6 Å². The van der Waals surface area contributed by atoms with Gasteiger partial charge in [-0.1, -0.05) is 11.6 Å². The molecule has 3 aromatic rings. The van der Waals surface area contributed by atoms with Crippen molar-refractivity contribution >= 4 is 29.1 Å². The number of hydrogen-bond acceptors (Lipinski definition) is 7. The van der Waals surface area contributed by atoms with Crippen molar-refractivity contribution in [1.29, 1.82) is 0 Å².